The first-order valence-corrected chi connectivity index (χ1v) is 6.38. The highest BCUT2D eigenvalue weighted by molar-refractivity contribution is 7.15. The largest absolute Gasteiger partial charge is 0.320 e. The number of nitrogens with zero attached hydrogens (tertiary/aromatic N) is 2. The molecule has 0 radical (unpaired) electrons. The van der Waals surface area contributed by atoms with Gasteiger partial charge in [0, 0.05) is 5.56 Å². The number of amides is 1. The number of carbonyl (C=O) groups is 1. The Morgan fingerprint density at radius 3 is 2.47 bits per heavy atom. The number of halogens is 1. The molecule has 3 N–H and O–H groups in total. The molecule has 0 aliphatic rings. The number of hydrogen-bond donors (Lipinski definition) is 2. The highest BCUT2D eigenvalue weighted by Crippen LogP contribution is 2.24. The minimum Gasteiger partial charge on any atom is -0.320 e. The van der Waals surface area contributed by atoms with E-state index in [4.69, 9.17) is 5.73 Å². The third kappa shape index (κ3) is 3.33. The minimum atomic E-state index is -0.601. The summed E-state index contributed by atoms with van der Waals surface area (Å²) in [6, 6.07) is 5.26. The number of benzene rings is 1. The van der Waals surface area contributed by atoms with Crippen molar-refractivity contribution in [2.75, 3.05) is 5.32 Å². The Labute approximate surface area is 113 Å². The van der Waals surface area contributed by atoms with E-state index in [1.54, 1.807) is 13.8 Å². The molecule has 0 bridgehead atoms. The first-order valence-electron chi connectivity index (χ1n) is 5.56. The van der Waals surface area contributed by atoms with Crippen LogP contribution in [0.4, 0.5) is 9.52 Å². The van der Waals surface area contributed by atoms with Crippen LogP contribution in [0.1, 0.15) is 29.2 Å². The predicted octanol–water partition coefficient (Wildman–Crippen LogP) is 2.12. The van der Waals surface area contributed by atoms with Gasteiger partial charge in [0.05, 0.1) is 5.54 Å². The van der Waals surface area contributed by atoms with Gasteiger partial charge in [0.15, 0.2) is 0 Å². The lowest BCUT2D eigenvalue weighted by Crippen LogP contribution is -2.28. The summed E-state index contributed by atoms with van der Waals surface area (Å²) in [4.78, 5) is 11.9. The lowest BCUT2D eigenvalue weighted by atomic mass is 10.1. The number of aromatic nitrogens is 2. The second kappa shape index (κ2) is 5.02. The summed E-state index contributed by atoms with van der Waals surface area (Å²) in [7, 11) is 0. The van der Waals surface area contributed by atoms with Crippen molar-refractivity contribution in [3.63, 3.8) is 0 Å². The first kappa shape index (κ1) is 13.6. The maximum absolute atomic E-state index is 12.7. The van der Waals surface area contributed by atoms with Gasteiger partial charge in [-0.15, -0.1) is 10.2 Å². The van der Waals surface area contributed by atoms with Gasteiger partial charge in [0.2, 0.25) is 5.13 Å². The van der Waals surface area contributed by atoms with Crippen LogP contribution < -0.4 is 11.1 Å². The molecule has 1 heterocycles. The monoisotopic (exact) mass is 280 g/mol. The fourth-order valence-corrected chi connectivity index (χ4v) is 2.06. The fourth-order valence-electron chi connectivity index (χ4n) is 1.30. The molecule has 7 heteroatoms. The van der Waals surface area contributed by atoms with E-state index < -0.39 is 5.54 Å². The van der Waals surface area contributed by atoms with Gasteiger partial charge >= 0.3 is 0 Å². The minimum absolute atomic E-state index is 0.352. The molecule has 100 valence electrons. The fraction of sp³-hybridized carbons (Fsp3) is 0.250. The van der Waals surface area contributed by atoms with E-state index in [1.807, 2.05) is 0 Å². The molecule has 0 fully saturated rings. The van der Waals surface area contributed by atoms with Crippen molar-refractivity contribution in [1.82, 2.24) is 10.2 Å². The summed E-state index contributed by atoms with van der Waals surface area (Å²) in [6.45, 7) is 3.61. The van der Waals surface area contributed by atoms with Crippen LogP contribution in [0.2, 0.25) is 0 Å². The van der Waals surface area contributed by atoms with Crippen LogP contribution in [0.3, 0.4) is 0 Å². The topological polar surface area (TPSA) is 80.9 Å². The maximum Gasteiger partial charge on any atom is 0.257 e. The van der Waals surface area contributed by atoms with E-state index in [1.165, 1.54) is 35.6 Å². The van der Waals surface area contributed by atoms with Gasteiger partial charge in [-0.05, 0) is 38.1 Å². The number of carbonyl (C=O) groups excluding carboxylic acids is 1. The van der Waals surface area contributed by atoms with Crippen molar-refractivity contribution in [3.8, 4) is 0 Å². The zero-order chi connectivity index (χ0) is 14.0. The number of nitrogens with two attached hydrogens (primary N) is 1. The average molecular weight is 280 g/mol. The summed E-state index contributed by atoms with van der Waals surface area (Å²) >= 11 is 1.21. The van der Waals surface area contributed by atoms with E-state index in [0.717, 1.165) is 0 Å². The molecule has 0 aliphatic carbocycles. The van der Waals surface area contributed by atoms with E-state index in [0.29, 0.717) is 15.7 Å². The summed E-state index contributed by atoms with van der Waals surface area (Å²) in [5, 5.41) is 11.4. The number of nitrogens with one attached hydrogen (secondary N) is 1. The summed E-state index contributed by atoms with van der Waals surface area (Å²) in [5.74, 6) is -0.753. The zero-order valence-corrected chi connectivity index (χ0v) is 11.3. The molecular weight excluding hydrogens is 267 g/mol. The molecule has 19 heavy (non-hydrogen) atoms. The SMILES string of the molecule is CC(C)(N)c1nnc(NC(=O)c2ccc(F)cc2)s1. The number of anilines is 1. The van der Waals surface area contributed by atoms with Crippen molar-refractivity contribution in [1.29, 1.82) is 0 Å². The Morgan fingerprint density at radius 2 is 1.95 bits per heavy atom. The molecular formula is C12H13FN4OS. The third-order valence-corrected chi connectivity index (χ3v) is 3.48. The van der Waals surface area contributed by atoms with Crippen LogP contribution in [0.15, 0.2) is 24.3 Å². The molecule has 0 spiro atoms. The second-order valence-corrected chi connectivity index (χ2v) is 5.57. The molecule has 0 saturated carbocycles. The average Bonchev–Trinajstić information content (AvgIpc) is 2.78. The molecule has 2 rings (SSSR count). The molecule has 0 atom stereocenters. The van der Waals surface area contributed by atoms with Gasteiger partial charge in [0.1, 0.15) is 10.8 Å². The molecule has 0 aliphatic heterocycles. The predicted molar refractivity (Wildman–Crippen MR) is 71.5 cm³/mol. The Kier molecular flexibility index (Phi) is 3.59. The van der Waals surface area contributed by atoms with Gasteiger partial charge < -0.3 is 5.73 Å². The van der Waals surface area contributed by atoms with Crippen LogP contribution in [-0.2, 0) is 5.54 Å². The van der Waals surface area contributed by atoms with Gasteiger partial charge in [-0.2, -0.15) is 0 Å². The summed E-state index contributed by atoms with van der Waals surface area (Å²) in [5.41, 5.74) is 5.63. The summed E-state index contributed by atoms with van der Waals surface area (Å²) < 4.78 is 12.7. The van der Waals surface area contributed by atoms with Crippen LogP contribution >= 0.6 is 11.3 Å². The van der Waals surface area contributed by atoms with Crippen LogP contribution in [-0.4, -0.2) is 16.1 Å². The number of rotatable bonds is 3. The molecule has 5 nitrogen and oxygen atoms in total. The smallest absolute Gasteiger partial charge is 0.257 e. The van der Waals surface area contributed by atoms with Gasteiger partial charge in [-0.1, -0.05) is 11.3 Å². The van der Waals surface area contributed by atoms with Crippen LogP contribution in [0, 0.1) is 5.82 Å². The Balaban J connectivity index is 2.11. The highest BCUT2D eigenvalue weighted by Gasteiger charge is 2.20. The summed E-state index contributed by atoms with van der Waals surface area (Å²) in [6.07, 6.45) is 0. The van der Waals surface area contributed by atoms with Gasteiger partial charge in [-0.25, -0.2) is 4.39 Å². The standard InChI is InChI=1S/C12H13FN4OS/c1-12(2,14)10-16-17-11(19-10)15-9(18)7-3-5-8(13)6-4-7/h3-6H,14H2,1-2H3,(H,15,17,18). The van der Waals surface area contributed by atoms with Crippen molar-refractivity contribution < 1.29 is 9.18 Å². The van der Waals surface area contributed by atoms with E-state index in [9.17, 15) is 9.18 Å². The lowest BCUT2D eigenvalue weighted by molar-refractivity contribution is 0.102. The van der Waals surface area contributed by atoms with Crippen molar-refractivity contribution in [2.24, 2.45) is 5.73 Å². The second-order valence-electron chi connectivity index (χ2n) is 4.60. The highest BCUT2D eigenvalue weighted by atomic mass is 32.1. The molecule has 1 aromatic carbocycles. The van der Waals surface area contributed by atoms with Crippen molar-refractivity contribution in [3.05, 3.63) is 40.7 Å². The molecule has 0 unspecified atom stereocenters. The number of hydrogen-bond acceptors (Lipinski definition) is 5. The quantitative estimate of drug-likeness (QED) is 0.902. The van der Waals surface area contributed by atoms with Crippen molar-refractivity contribution >= 4 is 22.4 Å². The van der Waals surface area contributed by atoms with Gasteiger partial charge in [-0.3, -0.25) is 10.1 Å². The van der Waals surface area contributed by atoms with Crippen LogP contribution in [0.5, 0.6) is 0 Å². The zero-order valence-electron chi connectivity index (χ0n) is 10.5. The molecule has 2 aromatic rings. The lowest BCUT2D eigenvalue weighted by Gasteiger charge is -2.12. The molecule has 1 amide bonds. The Morgan fingerprint density at radius 1 is 1.32 bits per heavy atom. The van der Waals surface area contributed by atoms with E-state index >= 15 is 0 Å². The maximum atomic E-state index is 12.7. The van der Waals surface area contributed by atoms with Crippen molar-refractivity contribution in [2.45, 2.75) is 19.4 Å². The third-order valence-electron chi connectivity index (χ3n) is 2.30. The van der Waals surface area contributed by atoms with Gasteiger partial charge in [0.25, 0.3) is 5.91 Å². The van der Waals surface area contributed by atoms with E-state index in [2.05, 4.69) is 15.5 Å². The molecule has 0 saturated heterocycles. The Bertz CT molecular complexity index is 589. The first-order chi connectivity index (χ1) is 8.86. The van der Waals surface area contributed by atoms with E-state index in [-0.39, 0.29) is 11.7 Å². The molecule has 1 aromatic heterocycles. The Hall–Kier alpha value is -1.86. The van der Waals surface area contributed by atoms with Crippen LogP contribution in [0.25, 0.3) is 0 Å². The normalized spacial score (nSPS) is 11.4.